The molecule has 0 heterocycles. The molecular formula is C11H17NO3. The van der Waals surface area contributed by atoms with Gasteiger partial charge in [0.05, 0.1) is 26.9 Å². The highest BCUT2D eigenvalue weighted by Crippen LogP contribution is 2.34. The van der Waals surface area contributed by atoms with Crippen molar-refractivity contribution in [3.05, 3.63) is 23.8 Å². The summed E-state index contributed by atoms with van der Waals surface area (Å²) >= 11 is 0. The predicted octanol–water partition coefficient (Wildman–Crippen LogP) is 0.957. The predicted molar refractivity (Wildman–Crippen MR) is 58.4 cm³/mol. The van der Waals surface area contributed by atoms with Crippen LogP contribution in [0.4, 0.5) is 0 Å². The van der Waals surface area contributed by atoms with Crippen LogP contribution in [-0.4, -0.2) is 33.0 Å². The first-order chi connectivity index (χ1) is 7.28. The molecule has 0 aliphatic rings. The molecule has 84 valence electrons. The van der Waals surface area contributed by atoms with Gasteiger partial charge >= 0.3 is 0 Å². The molecule has 0 aliphatic carbocycles. The molecule has 0 fully saturated rings. The number of likely N-dealkylation sites (N-methyl/N-ethyl adjacent to an activating group) is 1. The van der Waals surface area contributed by atoms with E-state index in [4.69, 9.17) is 9.47 Å². The first-order valence-electron chi connectivity index (χ1n) is 4.77. The quantitative estimate of drug-likeness (QED) is 0.761. The lowest BCUT2D eigenvalue weighted by molar-refractivity contribution is 0.246. The lowest BCUT2D eigenvalue weighted by Gasteiger charge is -2.18. The zero-order valence-electron chi connectivity index (χ0n) is 9.28. The SMILES string of the molecule is CNC(CO)c1cccc(OC)c1OC. The molecule has 0 spiro atoms. The number of benzene rings is 1. The number of ether oxygens (including phenoxy) is 2. The van der Waals surface area contributed by atoms with E-state index in [9.17, 15) is 5.11 Å². The summed E-state index contributed by atoms with van der Waals surface area (Å²) in [5.41, 5.74) is 0.891. The number of aliphatic hydroxyl groups is 1. The van der Waals surface area contributed by atoms with E-state index in [1.807, 2.05) is 18.2 Å². The largest absolute Gasteiger partial charge is 0.493 e. The molecule has 1 aromatic rings. The van der Waals surface area contributed by atoms with Gasteiger partial charge in [-0.15, -0.1) is 0 Å². The summed E-state index contributed by atoms with van der Waals surface area (Å²) in [4.78, 5) is 0. The van der Waals surface area contributed by atoms with Crippen LogP contribution < -0.4 is 14.8 Å². The molecule has 0 radical (unpaired) electrons. The molecule has 0 aliphatic heterocycles. The standard InChI is InChI=1S/C11H17NO3/c1-12-9(7-13)8-5-4-6-10(14-2)11(8)15-3/h4-6,9,12-13H,7H2,1-3H3. The Hall–Kier alpha value is -1.26. The second-order valence-corrected chi connectivity index (χ2v) is 3.11. The Balaban J connectivity index is 3.15. The fourth-order valence-electron chi connectivity index (χ4n) is 1.53. The summed E-state index contributed by atoms with van der Waals surface area (Å²) in [6.45, 7) is 0.0139. The van der Waals surface area contributed by atoms with Crippen LogP contribution in [0.25, 0.3) is 0 Å². The molecule has 0 saturated carbocycles. The van der Waals surface area contributed by atoms with Gasteiger partial charge in [-0.05, 0) is 13.1 Å². The zero-order chi connectivity index (χ0) is 11.3. The van der Waals surface area contributed by atoms with Crippen LogP contribution in [0.3, 0.4) is 0 Å². The van der Waals surface area contributed by atoms with Crippen LogP contribution in [-0.2, 0) is 0 Å². The minimum atomic E-state index is -0.143. The minimum absolute atomic E-state index is 0.0139. The Morgan fingerprint density at radius 3 is 2.53 bits per heavy atom. The lowest BCUT2D eigenvalue weighted by atomic mass is 10.1. The van der Waals surface area contributed by atoms with Gasteiger partial charge in [0.2, 0.25) is 0 Å². The van der Waals surface area contributed by atoms with Crippen molar-refractivity contribution in [2.24, 2.45) is 0 Å². The van der Waals surface area contributed by atoms with Crippen molar-refractivity contribution in [1.29, 1.82) is 0 Å². The maximum absolute atomic E-state index is 9.20. The Labute approximate surface area is 89.8 Å². The van der Waals surface area contributed by atoms with E-state index in [0.717, 1.165) is 5.56 Å². The van der Waals surface area contributed by atoms with Crippen molar-refractivity contribution in [2.75, 3.05) is 27.9 Å². The fraction of sp³-hybridized carbons (Fsp3) is 0.455. The first-order valence-corrected chi connectivity index (χ1v) is 4.77. The summed E-state index contributed by atoms with van der Waals surface area (Å²) in [5.74, 6) is 1.33. The summed E-state index contributed by atoms with van der Waals surface area (Å²) in [6.07, 6.45) is 0. The molecule has 0 bridgehead atoms. The number of hydrogen-bond donors (Lipinski definition) is 2. The van der Waals surface area contributed by atoms with E-state index < -0.39 is 0 Å². The molecular weight excluding hydrogens is 194 g/mol. The number of nitrogens with one attached hydrogen (secondary N) is 1. The number of hydrogen-bond acceptors (Lipinski definition) is 4. The van der Waals surface area contributed by atoms with Crippen LogP contribution in [0.2, 0.25) is 0 Å². The molecule has 4 nitrogen and oxygen atoms in total. The van der Waals surface area contributed by atoms with Crippen LogP contribution in [0.15, 0.2) is 18.2 Å². The third-order valence-electron chi connectivity index (χ3n) is 2.34. The average molecular weight is 211 g/mol. The van der Waals surface area contributed by atoms with E-state index >= 15 is 0 Å². The monoisotopic (exact) mass is 211 g/mol. The van der Waals surface area contributed by atoms with Crippen molar-refractivity contribution in [2.45, 2.75) is 6.04 Å². The fourth-order valence-corrected chi connectivity index (χ4v) is 1.53. The molecule has 1 rings (SSSR count). The molecule has 15 heavy (non-hydrogen) atoms. The lowest BCUT2D eigenvalue weighted by Crippen LogP contribution is -2.20. The summed E-state index contributed by atoms with van der Waals surface area (Å²) in [7, 11) is 4.97. The Morgan fingerprint density at radius 1 is 1.33 bits per heavy atom. The Kier molecular flexibility index (Phi) is 4.39. The summed E-state index contributed by atoms with van der Waals surface area (Å²) < 4.78 is 10.5. The molecule has 0 saturated heterocycles. The van der Waals surface area contributed by atoms with Crippen molar-refractivity contribution >= 4 is 0 Å². The van der Waals surface area contributed by atoms with Crippen LogP contribution in [0, 0.1) is 0 Å². The molecule has 2 N–H and O–H groups in total. The van der Waals surface area contributed by atoms with Gasteiger partial charge in [-0.3, -0.25) is 0 Å². The second kappa shape index (κ2) is 5.58. The maximum atomic E-state index is 9.20. The summed E-state index contributed by atoms with van der Waals surface area (Å²) in [5, 5.41) is 12.2. The van der Waals surface area contributed by atoms with E-state index in [1.165, 1.54) is 0 Å². The van der Waals surface area contributed by atoms with E-state index in [1.54, 1.807) is 21.3 Å². The number of methoxy groups -OCH3 is 2. The van der Waals surface area contributed by atoms with Gasteiger partial charge in [0.1, 0.15) is 0 Å². The van der Waals surface area contributed by atoms with Crippen molar-refractivity contribution < 1.29 is 14.6 Å². The van der Waals surface area contributed by atoms with Crippen LogP contribution >= 0.6 is 0 Å². The van der Waals surface area contributed by atoms with E-state index in [2.05, 4.69) is 5.32 Å². The van der Waals surface area contributed by atoms with Gasteiger partial charge in [-0.1, -0.05) is 12.1 Å². The van der Waals surface area contributed by atoms with Crippen LogP contribution in [0.1, 0.15) is 11.6 Å². The number of para-hydroxylation sites is 1. The first kappa shape index (κ1) is 11.8. The molecule has 0 amide bonds. The molecule has 1 atom stereocenters. The second-order valence-electron chi connectivity index (χ2n) is 3.11. The maximum Gasteiger partial charge on any atom is 0.165 e. The molecule has 1 aromatic carbocycles. The zero-order valence-corrected chi connectivity index (χ0v) is 9.28. The Bertz CT molecular complexity index is 311. The van der Waals surface area contributed by atoms with Gasteiger partial charge in [0.15, 0.2) is 11.5 Å². The smallest absolute Gasteiger partial charge is 0.165 e. The minimum Gasteiger partial charge on any atom is -0.493 e. The van der Waals surface area contributed by atoms with Crippen molar-refractivity contribution in [3.8, 4) is 11.5 Å². The topological polar surface area (TPSA) is 50.7 Å². The molecule has 4 heteroatoms. The third-order valence-corrected chi connectivity index (χ3v) is 2.34. The highest BCUT2D eigenvalue weighted by atomic mass is 16.5. The van der Waals surface area contributed by atoms with Gasteiger partial charge in [-0.25, -0.2) is 0 Å². The number of rotatable bonds is 5. The van der Waals surface area contributed by atoms with Crippen molar-refractivity contribution in [1.82, 2.24) is 5.32 Å². The van der Waals surface area contributed by atoms with Gasteiger partial charge in [-0.2, -0.15) is 0 Å². The van der Waals surface area contributed by atoms with Crippen LogP contribution in [0.5, 0.6) is 11.5 Å². The van der Waals surface area contributed by atoms with Gasteiger partial charge in [0, 0.05) is 5.56 Å². The van der Waals surface area contributed by atoms with Crippen molar-refractivity contribution in [3.63, 3.8) is 0 Å². The molecule has 0 aromatic heterocycles. The average Bonchev–Trinajstić information content (AvgIpc) is 2.30. The highest BCUT2D eigenvalue weighted by Gasteiger charge is 2.16. The third kappa shape index (κ3) is 2.40. The Morgan fingerprint density at radius 2 is 2.07 bits per heavy atom. The highest BCUT2D eigenvalue weighted by molar-refractivity contribution is 5.48. The van der Waals surface area contributed by atoms with E-state index in [-0.39, 0.29) is 12.6 Å². The molecule has 1 unspecified atom stereocenters. The number of aliphatic hydroxyl groups excluding tert-OH is 1. The normalized spacial score (nSPS) is 12.3. The van der Waals surface area contributed by atoms with Gasteiger partial charge in [0.25, 0.3) is 0 Å². The van der Waals surface area contributed by atoms with Gasteiger partial charge < -0.3 is 19.9 Å². The summed E-state index contributed by atoms with van der Waals surface area (Å²) in [6, 6.07) is 5.46. The van der Waals surface area contributed by atoms with E-state index in [0.29, 0.717) is 11.5 Å².